The fourth-order valence-corrected chi connectivity index (χ4v) is 3.96. The highest BCUT2D eigenvalue weighted by Crippen LogP contribution is 2.37. The van der Waals surface area contributed by atoms with Crippen LogP contribution < -0.4 is 19.5 Å². The van der Waals surface area contributed by atoms with Crippen molar-refractivity contribution in [3.8, 4) is 17.2 Å². The lowest BCUT2D eigenvalue weighted by Crippen LogP contribution is -2.26. The molecule has 1 N–H and O–H groups in total. The van der Waals surface area contributed by atoms with E-state index in [2.05, 4.69) is 10.3 Å². The van der Waals surface area contributed by atoms with Crippen LogP contribution in [0.15, 0.2) is 70.7 Å². The van der Waals surface area contributed by atoms with Crippen LogP contribution in [0.4, 0.5) is 0 Å². The van der Waals surface area contributed by atoms with Crippen molar-refractivity contribution in [1.82, 2.24) is 10.3 Å². The first kappa shape index (κ1) is 20.1. The van der Waals surface area contributed by atoms with Gasteiger partial charge in [0.2, 0.25) is 0 Å². The molecule has 0 saturated heterocycles. The minimum Gasteiger partial charge on any atom is -0.497 e. The van der Waals surface area contributed by atoms with Crippen LogP contribution in [0.3, 0.4) is 0 Å². The van der Waals surface area contributed by atoms with Gasteiger partial charge in [0.25, 0.3) is 5.91 Å². The fourth-order valence-electron chi connectivity index (χ4n) is 3.05. The Bertz CT molecular complexity index is 1020. The first-order valence-corrected chi connectivity index (χ1v) is 10.5. The van der Waals surface area contributed by atoms with E-state index in [-0.39, 0.29) is 5.91 Å². The largest absolute Gasteiger partial charge is 0.497 e. The zero-order valence-corrected chi connectivity index (χ0v) is 17.4. The molecule has 1 aliphatic heterocycles. The van der Waals surface area contributed by atoms with Crippen molar-refractivity contribution >= 4 is 17.7 Å². The van der Waals surface area contributed by atoms with Gasteiger partial charge in [-0.1, -0.05) is 23.9 Å². The molecule has 0 atom stereocenters. The summed E-state index contributed by atoms with van der Waals surface area (Å²) in [4.78, 5) is 18.1. The van der Waals surface area contributed by atoms with E-state index in [9.17, 15) is 4.79 Å². The van der Waals surface area contributed by atoms with Crippen LogP contribution in [0.25, 0.3) is 0 Å². The maximum absolute atomic E-state index is 12.7. The molecule has 1 aromatic heterocycles. The molecule has 7 heteroatoms. The predicted molar refractivity (Wildman–Crippen MR) is 115 cm³/mol. The SMILES string of the molecule is COc1ccc(CCNC(=O)c2cccnc2Sc2ccc3c(c2)OCCO3)cc1. The molecule has 2 aromatic carbocycles. The number of rotatable bonds is 7. The molecule has 154 valence electrons. The zero-order valence-electron chi connectivity index (χ0n) is 16.6. The second-order valence-electron chi connectivity index (χ2n) is 6.62. The molecule has 0 radical (unpaired) electrons. The van der Waals surface area contributed by atoms with Gasteiger partial charge in [0, 0.05) is 17.6 Å². The van der Waals surface area contributed by atoms with E-state index in [0.29, 0.717) is 36.1 Å². The number of carbonyl (C=O) groups excluding carboxylic acids is 1. The lowest BCUT2D eigenvalue weighted by Gasteiger charge is -2.18. The number of aromatic nitrogens is 1. The smallest absolute Gasteiger partial charge is 0.254 e. The average Bonchev–Trinajstić information content (AvgIpc) is 2.80. The summed E-state index contributed by atoms with van der Waals surface area (Å²) < 4.78 is 16.4. The normalized spacial score (nSPS) is 12.3. The highest BCUT2D eigenvalue weighted by atomic mass is 32.2. The highest BCUT2D eigenvalue weighted by molar-refractivity contribution is 7.99. The fraction of sp³-hybridized carbons (Fsp3) is 0.217. The zero-order chi connectivity index (χ0) is 20.8. The molecule has 4 rings (SSSR count). The number of ether oxygens (including phenoxy) is 3. The van der Waals surface area contributed by atoms with E-state index in [1.54, 1.807) is 25.4 Å². The molecule has 30 heavy (non-hydrogen) atoms. The predicted octanol–water partition coefficient (Wildman–Crippen LogP) is 3.99. The highest BCUT2D eigenvalue weighted by Gasteiger charge is 2.16. The van der Waals surface area contributed by atoms with Crippen molar-refractivity contribution in [2.24, 2.45) is 0 Å². The van der Waals surface area contributed by atoms with Crippen LogP contribution in [0.5, 0.6) is 17.2 Å². The molecular formula is C23H22N2O4S. The van der Waals surface area contributed by atoms with Gasteiger partial charge in [-0.25, -0.2) is 4.98 Å². The first-order chi connectivity index (χ1) is 14.7. The molecule has 0 saturated carbocycles. The average molecular weight is 423 g/mol. The Balaban J connectivity index is 1.40. The van der Waals surface area contributed by atoms with Crippen LogP contribution in [-0.4, -0.2) is 37.8 Å². The van der Waals surface area contributed by atoms with E-state index < -0.39 is 0 Å². The van der Waals surface area contributed by atoms with E-state index in [4.69, 9.17) is 14.2 Å². The number of hydrogen-bond acceptors (Lipinski definition) is 6. The van der Waals surface area contributed by atoms with E-state index in [0.717, 1.165) is 28.4 Å². The number of hydrogen-bond donors (Lipinski definition) is 1. The summed E-state index contributed by atoms with van der Waals surface area (Å²) in [5.41, 5.74) is 1.68. The van der Waals surface area contributed by atoms with Crippen molar-refractivity contribution in [1.29, 1.82) is 0 Å². The van der Waals surface area contributed by atoms with Gasteiger partial charge in [-0.05, 0) is 54.4 Å². The third-order valence-electron chi connectivity index (χ3n) is 4.60. The molecule has 1 amide bonds. The number of nitrogens with one attached hydrogen (secondary N) is 1. The summed E-state index contributed by atoms with van der Waals surface area (Å²) in [6.07, 6.45) is 2.43. The quantitative estimate of drug-likeness (QED) is 0.621. The van der Waals surface area contributed by atoms with Crippen LogP contribution in [0, 0.1) is 0 Å². The number of methoxy groups -OCH3 is 1. The summed E-state index contributed by atoms with van der Waals surface area (Å²) in [7, 11) is 1.64. The summed E-state index contributed by atoms with van der Waals surface area (Å²) in [5.74, 6) is 2.13. The first-order valence-electron chi connectivity index (χ1n) is 9.66. The molecule has 0 unspecified atom stereocenters. The van der Waals surface area contributed by atoms with Gasteiger partial charge in [-0.2, -0.15) is 0 Å². The molecule has 0 spiro atoms. The van der Waals surface area contributed by atoms with E-state index >= 15 is 0 Å². The third kappa shape index (κ3) is 4.86. The Labute approximate surface area is 179 Å². The van der Waals surface area contributed by atoms with Crippen LogP contribution in [0.1, 0.15) is 15.9 Å². The van der Waals surface area contributed by atoms with Gasteiger partial charge >= 0.3 is 0 Å². The minimum atomic E-state index is -0.142. The Morgan fingerprint density at radius 2 is 1.90 bits per heavy atom. The van der Waals surface area contributed by atoms with Gasteiger partial charge in [0.15, 0.2) is 11.5 Å². The number of amides is 1. The standard InChI is InChI=1S/C23H22N2O4S/c1-27-17-6-4-16(5-7-17)10-12-24-22(26)19-3-2-11-25-23(19)30-18-8-9-20-21(15-18)29-14-13-28-20/h2-9,11,15H,10,12-14H2,1H3,(H,24,26). The molecule has 3 aromatic rings. The third-order valence-corrected chi connectivity index (χ3v) is 5.61. The van der Waals surface area contributed by atoms with Gasteiger partial charge in [-0.3, -0.25) is 4.79 Å². The van der Waals surface area contributed by atoms with Crippen molar-refractivity contribution in [2.45, 2.75) is 16.3 Å². The van der Waals surface area contributed by atoms with Gasteiger partial charge in [0.05, 0.1) is 12.7 Å². The molecule has 0 fully saturated rings. The number of nitrogens with zero attached hydrogens (tertiary/aromatic N) is 1. The Kier molecular flexibility index (Phi) is 6.39. The second-order valence-corrected chi connectivity index (χ2v) is 7.68. The van der Waals surface area contributed by atoms with Crippen LogP contribution >= 0.6 is 11.8 Å². The number of benzene rings is 2. The Hall–Kier alpha value is -3.19. The van der Waals surface area contributed by atoms with Crippen molar-refractivity contribution < 1.29 is 19.0 Å². The monoisotopic (exact) mass is 422 g/mol. The molecule has 0 bridgehead atoms. The van der Waals surface area contributed by atoms with Crippen molar-refractivity contribution in [2.75, 3.05) is 26.9 Å². The van der Waals surface area contributed by atoms with Crippen molar-refractivity contribution in [3.63, 3.8) is 0 Å². The molecule has 2 heterocycles. The van der Waals surface area contributed by atoms with Crippen molar-refractivity contribution in [3.05, 3.63) is 71.9 Å². The summed E-state index contributed by atoms with van der Waals surface area (Å²) in [5, 5.41) is 3.63. The summed E-state index contributed by atoms with van der Waals surface area (Å²) in [6.45, 7) is 1.63. The summed E-state index contributed by atoms with van der Waals surface area (Å²) >= 11 is 1.43. The van der Waals surface area contributed by atoms with Gasteiger partial charge in [-0.15, -0.1) is 0 Å². The van der Waals surface area contributed by atoms with Gasteiger partial charge < -0.3 is 19.5 Å². The minimum absolute atomic E-state index is 0.142. The van der Waals surface area contributed by atoms with Crippen LogP contribution in [-0.2, 0) is 6.42 Å². The lowest BCUT2D eigenvalue weighted by atomic mass is 10.1. The number of carbonyl (C=O) groups is 1. The van der Waals surface area contributed by atoms with Gasteiger partial charge in [0.1, 0.15) is 24.0 Å². The number of fused-ring (bicyclic) bond motifs is 1. The van der Waals surface area contributed by atoms with Crippen LogP contribution in [0.2, 0.25) is 0 Å². The topological polar surface area (TPSA) is 69.7 Å². The maximum Gasteiger partial charge on any atom is 0.254 e. The maximum atomic E-state index is 12.7. The molecule has 6 nitrogen and oxygen atoms in total. The lowest BCUT2D eigenvalue weighted by molar-refractivity contribution is 0.0950. The molecule has 1 aliphatic rings. The number of pyridine rings is 1. The molecular weight excluding hydrogens is 400 g/mol. The molecule has 0 aliphatic carbocycles. The second kappa shape index (κ2) is 9.54. The Morgan fingerprint density at radius 3 is 2.70 bits per heavy atom. The van der Waals surface area contributed by atoms with E-state index in [1.807, 2.05) is 42.5 Å². The Morgan fingerprint density at radius 1 is 1.10 bits per heavy atom. The summed E-state index contributed by atoms with van der Waals surface area (Å²) in [6, 6.07) is 17.1. The van der Waals surface area contributed by atoms with E-state index in [1.165, 1.54) is 11.8 Å².